The molecule has 1 saturated heterocycles. The normalized spacial score (nSPS) is 20.0. The molecule has 2 heterocycles. The van der Waals surface area contributed by atoms with Gasteiger partial charge in [-0.1, -0.05) is 32.0 Å². The zero-order valence-electron chi connectivity index (χ0n) is 15.7. The van der Waals surface area contributed by atoms with Gasteiger partial charge < -0.3 is 10.0 Å². The first-order valence-corrected chi connectivity index (χ1v) is 8.91. The molecule has 2 aromatic rings. The summed E-state index contributed by atoms with van der Waals surface area (Å²) in [6.45, 7) is 8.47. The highest BCUT2D eigenvalue weighted by Crippen LogP contribution is 2.32. The van der Waals surface area contributed by atoms with Crippen LogP contribution in [0.2, 0.25) is 0 Å². The molecule has 1 atom stereocenters. The Balaban J connectivity index is 1.98. The van der Waals surface area contributed by atoms with E-state index >= 15 is 0 Å². The fourth-order valence-electron chi connectivity index (χ4n) is 3.55. The van der Waals surface area contributed by atoms with Crippen LogP contribution < -0.4 is 0 Å². The van der Waals surface area contributed by atoms with Crippen molar-refractivity contribution in [3.63, 3.8) is 0 Å². The van der Waals surface area contributed by atoms with Crippen molar-refractivity contribution in [3.8, 4) is 5.69 Å². The van der Waals surface area contributed by atoms with Crippen LogP contribution in [0.4, 0.5) is 0 Å². The molecule has 1 aromatic heterocycles. The predicted octanol–water partition coefficient (Wildman–Crippen LogP) is 3.24. The summed E-state index contributed by atoms with van der Waals surface area (Å²) in [5.41, 5.74) is 2.56. The fourth-order valence-corrected chi connectivity index (χ4v) is 3.55. The highest BCUT2D eigenvalue weighted by atomic mass is 16.4. The standard InChI is InChI=1S/C20H25N3O3/c1-13(2)17-15(11-21-23(17)16-8-6-5-7-14(16)3)18(24)22-10-9-20(4,12-22)19(25)26/h5-8,11,13H,9-10,12H2,1-4H3,(H,25,26). The highest BCUT2D eigenvalue weighted by molar-refractivity contribution is 5.96. The molecule has 26 heavy (non-hydrogen) atoms. The maximum atomic E-state index is 13.1. The lowest BCUT2D eigenvalue weighted by atomic mass is 9.90. The van der Waals surface area contributed by atoms with Crippen molar-refractivity contribution in [3.05, 3.63) is 47.3 Å². The van der Waals surface area contributed by atoms with E-state index in [1.165, 1.54) is 0 Å². The number of rotatable bonds is 4. The van der Waals surface area contributed by atoms with Crippen molar-refractivity contribution >= 4 is 11.9 Å². The number of aromatic nitrogens is 2. The zero-order valence-corrected chi connectivity index (χ0v) is 15.7. The van der Waals surface area contributed by atoms with Crippen LogP contribution in [-0.4, -0.2) is 44.8 Å². The molecule has 1 fully saturated rings. The first kappa shape index (κ1) is 18.2. The Labute approximate surface area is 153 Å². The average molecular weight is 355 g/mol. The number of hydrogen-bond acceptors (Lipinski definition) is 3. The Morgan fingerprint density at radius 3 is 2.54 bits per heavy atom. The van der Waals surface area contributed by atoms with Crippen molar-refractivity contribution in [1.29, 1.82) is 0 Å². The van der Waals surface area contributed by atoms with Crippen LogP contribution in [0.5, 0.6) is 0 Å². The molecule has 1 aliphatic heterocycles. The second-order valence-corrected chi connectivity index (χ2v) is 7.64. The molecule has 1 aromatic carbocycles. The molecule has 0 radical (unpaired) electrons. The van der Waals surface area contributed by atoms with E-state index in [0.717, 1.165) is 16.9 Å². The van der Waals surface area contributed by atoms with Gasteiger partial charge in [-0.15, -0.1) is 0 Å². The van der Waals surface area contributed by atoms with Gasteiger partial charge in [0, 0.05) is 13.1 Å². The molecule has 1 amide bonds. The van der Waals surface area contributed by atoms with Gasteiger partial charge in [0.05, 0.1) is 28.6 Å². The van der Waals surface area contributed by atoms with Crippen molar-refractivity contribution < 1.29 is 14.7 Å². The molecular formula is C20H25N3O3. The number of carbonyl (C=O) groups excluding carboxylic acids is 1. The summed E-state index contributed by atoms with van der Waals surface area (Å²) in [5, 5.41) is 13.9. The number of benzene rings is 1. The average Bonchev–Trinajstić information content (AvgIpc) is 3.19. The summed E-state index contributed by atoms with van der Waals surface area (Å²) >= 11 is 0. The fraction of sp³-hybridized carbons (Fsp3) is 0.450. The maximum Gasteiger partial charge on any atom is 0.311 e. The minimum atomic E-state index is -0.875. The molecule has 138 valence electrons. The number of carboxylic acid groups (broad SMARTS) is 1. The second kappa shape index (κ2) is 6.59. The summed E-state index contributed by atoms with van der Waals surface area (Å²) in [6, 6.07) is 7.93. The predicted molar refractivity (Wildman–Crippen MR) is 98.7 cm³/mol. The number of aryl methyl sites for hydroxylation is 1. The number of carbonyl (C=O) groups is 2. The molecule has 6 nitrogen and oxygen atoms in total. The van der Waals surface area contributed by atoms with Crippen LogP contribution >= 0.6 is 0 Å². The van der Waals surface area contributed by atoms with Gasteiger partial charge in [-0.25, -0.2) is 4.68 Å². The smallest absolute Gasteiger partial charge is 0.311 e. The Hall–Kier alpha value is -2.63. The van der Waals surface area contributed by atoms with Gasteiger partial charge in [0.15, 0.2) is 0 Å². The van der Waals surface area contributed by atoms with Crippen molar-refractivity contribution in [2.75, 3.05) is 13.1 Å². The van der Waals surface area contributed by atoms with Gasteiger partial charge in [0.1, 0.15) is 0 Å². The second-order valence-electron chi connectivity index (χ2n) is 7.64. The summed E-state index contributed by atoms with van der Waals surface area (Å²) in [7, 11) is 0. The first-order chi connectivity index (χ1) is 12.2. The molecule has 6 heteroatoms. The number of hydrogen-bond donors (Lipinski definition) is 1. The van der Waals surface area contributed by atoms with E-state index in [1.807, 2.05) is 49.7 Å². The molecule has 0 spiro atoms. The number of nitrogens with zero attached hydrogens (tertiary/aromatic N) is 3. The third-order valence-corrected chi connectivity index (χ3v) is 5.20. The van der Waals surface area contributed by atoms with E-state index < -0.39 is 11.4 Å². The number of likely N-dealkylation sites (tertiary alicyclic amines) is 1. The number of amides is 1. The summed E-state index contributed by atoms with van der Waals surface area (Å²) in [6.07, 6.45) is 2.08. The number of aliphatic carboxylic acids is 1. The molecule has 3 rings (SSSR count). The van der Waals surface area contributed by atoms with E-state index in [0.29, 0.717) is 18.5 Å². The van der Waals surface area contributed by atoms with Crippen molar-refractivity contribution in [2.45, 2.75) is 40.0 Å². The lowest BCUT2D eigenvalue weighted by molar-refractivity contribution is -0.147. The molecule has 0 aliphatic carbocycles. The molecule has 1 N–H and O–H groups in total. The van der Waals surface area contributed by atoms with E-state index in [9.17, 15) is 14.7 Å². The summed E-state index contributed by atoms with van der Waals surface area (Å²) < 4.78 is 1.83. The third kappa shape index (κ3) is 3.00. The topological polar surface area (TPSA) is 75.4 Å². The minimum Gasteiger partial charge on any atom is -0.481 e. The van der Waals surface area contributed by atoms with Gasteiger partial charge in [-0.2, -0.15) is 5.10 Å². The lowest BCUT2D eigenvalue weighted by Gasteiger charge is -2.21. The van der Waals surface area contributed by atoms with Gasteiger partial charge in [-0.3, -0.25) is 9.59 Å². The minimum absolute atomic E-state index is 0.101. The Morgan fingerprint density at radius 2 is 1.96 bits per heavy atom. The van der Waals surface area contributed by atoms with Crippen molar-refractivity contribution in [1.82, 2.24) is 14.7 Å². The SMILES string of the molecule is Cc1ccccc1-n1ncc(C(=O)N2CCC(C)(C(=O)O)C2)c1C(C)C. The Bertz CT molecular complexity index is 856. The van der Waals surface area contributed by atoms with Crippen LogP contribution in [0.1, 0.15) is 54.7 Å². The van der Waals surface area contributed by atoms with Crippen LogP contribution in [-0.2, 0) is 4.79 Å². The summed E-state index contributed by atoms with van der Waals surface area (Å²) in [5.74, 6) is -0.893. The van der Waals surface area contributed by atoms with E-state index in [-0.39, 0.29) is 18.4 Å². The Morgan fingerprint density at radius 1 is 1.27 bits per heavy atom. The van der Waals surface area contributed by atoms with Crippen LogP contribution in [0.25, 0.3) is 5.69 Å². The number of carboxylic acids is 1. The van der Waals surface area contributed by atoms with Gasteiger partial charge in [0.2, 0.25) is 0 Å². The maximum absolute atomic E-state index is 13.1. The van der Waals surface area contributed by atoms with Crippen molar-refractivity contribution in [2.24, 2.45) is 5.41 Å². The third-order valence-electron chi connectivity index (χ3n) is 5.20. The van der Waals surface area contributed by atoms with E-state index in [4.69, 9.17) is 0 Å². The summed E-state index contributed by atoms with van der Waals surface area (Å²) in [4.78, 5) is 26.2. The van der Waals surface area contributed by atoms with Gasteiger partial charge >= 0.3 is 5.97 Å². The first-order valence-electron chi connectivity index (χ1n) is 8.91. The largest absolute Gasteiger partial charge is 0.481 e. The Kier molecular flexibility index (Phi) is 4.61. The monoisotopic (exact) mass is 355 g/mol. The molecular weight excluding hydrogens is 330 g/mol. The molecule has 1 unspecified atom stereocenters. The quantitative estimate of drug-likeness (QED) is 0.913. The van der Waals surface area contributed by atoms with Gasteiger partial charge in [0.25, 0.3) is 5.91 Å². The van der Waals surface area contributed by atoms with E-state index in [2.05, 4.69) is 5.10 Å². The van der Waals surface area contributed by atoms with Crippen LogP contribution in [0, 0.1) is 12.3 Å². The highest BCUT2D eigenvalue weighted by Gasteiger charge is 2.43. The van der Waals surface area contributed by atoms with Crippen LogP contribution in [0.3, 0.4) is 0 Å². The van der Waals surface area contributed by atoms with Crippen LogP contribution in [0.15, 0.2) is 30.5 Å². The lowest BCUT2D eigenvalue weighted by Crippen LogP contribution is -2.35. The molecule has 1 aliphatic rings. The molecule has 0 saturated carbocycles. The zero-order chi connectivity index (χ0) is 19.1. The van der Waals surface area contributed by atoms with Gasteiger partial charge in [-0.05, 0) is 37.8 Å². The van der Waals surface area contributed by atoms with E-state index in [1.54, 1.807) is 18.0 Å². The number of para-hydroxylation sites is 1. The molecule has 0 bridgehead atoms.